The molecule has 1 aliphatic rings. The first-order chi connectivity index (χ1) is 17.7. The summed E-state index contributed by atoms with van der Waals surface area (Å²) in [7, 11) is 0. The van der Waals surface area contributed by atoms with Crippen molar-refractivity contribution in [3.8, 4) is 16.3 Å². The van der Waals surface area contributed by atoms with Gasteiger partial charge >= 0.3 is 0 Å². The van der Waals surface area contributed by atoms with Gasteiger partial charge in [-0.15, -0.1) is 11.3 Å². The zero-order chi connectivity index (χ0) is 24.5. The molecule has 0 fully saturated rings. The van der Waals surface area contributed by atoms with Gasteiger partial charge in [-0.2, -0.15) is 9.36 Å². The molecule has 36 heavy (non-hydrogen) atoms. The van der Waals surface area contributed by atoms with E-state index >= 15 is 0 Å². The maximum atomic E-state index is 13.6. The molecule has 1 aliphatic carbocycles. The Labute approximate surface area is 219 Å². The quantitative estimate of drug-likeness (QED) is 0.218. The summed E-state index contributed by atoms with van der Waals surface area (Å²) < 4.78 is 5.94. The highest BCUT2D eigenvalue weighted by atomic mass is 32.2. The molecule has 3 aromatic heterocycles. The number of rotatable bonds is 7. The predicted molar refractivity (Wildman–Crippen MR) is 147 cm³/mol. The number of hydrogen-bond acceptors (Lipinski definition) is 8. The lowest BCUT2D eigenvalue weighted by Crippen LogP contribution is -2.22. The van der Waals surface area contributed by atoms with Gasteiger partial charge in [0.1, 0.15) is 9.84 Å². The predicted octanol–water partition coefficient (Wildman–Crippen LogP) is 5.58. The number of aromatic nitrogens is 4. The monoisotopic (exact) mass is 531 g/mol. The number of aryl methyl sites for hydroxylation is 2. The van der Waals surface area contributed by atoms with Crippen molar-refractivity contribution in [1.82, 2.24) is 18.9 Å². The molecular weight excluding hydrogens is 511 g/mol. The van der Waals surface area contributed by atoms with E-state index in [1.54, 1.807) is 15.9 Å². The summed E-state index contributed by atoms with van der Waals surface area (Å²) in [5, 5.41) is 4.89. The lowest BCUT2D eigenvalue weighted by molar-refractivity contribution is -0.115. The van der Waals surface area contributed by atoms with E-state index in [0.29, 0.717) is 16.9 Å². The fourth-order valence-electron chi connectivity index (χ4n) is 4.32. The van der Waals surface area contributed by atoms with Gasteiger partial charge in [-0.05, 0) is 48.5 Å². The molecule has 0 unspecified atom stereocenters. The van der Waals surface area contributed by atoms with Crippen molar-refractivity contribution >= 4 is 56.7 Å². The highest BCUT2D eigenvalue weighted by Gasteiger charge is 2.24. The number of hydrogen-bond donors (Lipinski definition) is 1. The summed E-state index contributed by atoms with van der Waals surface area (Å²) in [5.41, 5.74) is 2.88. The molecule has 2 aromatic carbocycles. The highest BCUT2D eigenvalue weighted by molar-refractivity contribution is 7.99. The Bertz CT molecular complexity index is 1610. The molecule has 3 heterocycles. The third-order valence-corrected chi connectivity index (χ3v) is 8.87. The molecular formula is C26H21N5O2S3. The number of thioether (sulfide) groups is 1. The molecule has 5 aromatic rings. The molecule has 0 atom stereocenters. The fraction of sp³-hybridized carbons (Fsp3) is 0.192. The van der Waals surface area contributed by atoms with Crippen molar-refractivity contribution in [3.63, 3.8) is 0 Å². The SMILES string of the molecule is O=C(CCSc1nc2sc3c(c2c(=O)n1-c1ccccc1)CCC3)Nc1nsc(-c2ccccc2)n1. The van der Waals surface area contributed by atoms with E-state index in [9.17, 15) is 9.59 Å². The smallest absolute Gasteiger partial charge is 0.267 e. The van der Waals surface area contributed by atoms with Gasteiger partial charge in [-0.1, -0.05) is 60.3 Å². The lowest BCUT2D eigenvalue weighted by atomic mass is 10.2. The number of thiophene rings is 1. The molecule has 0 saturated carbocycles. The molecule has 1 N–H and O–H groups in total. The summed E-state index contributed by atoms with van der Waals surface area (Å²) in [6.45, 7) is 0. The van der Waals surface area contributed by atoms with Gasteiger partial charge in [0.2, 0.25) is 11.9 Å². The second-order valence-electron chi connectivity index (χ2n) is 8.34. The van der Waals surface area contributed by atoms with Gasteiger partial charge in [0.15, 0.2) is 5.16 Å². The summed E-state index contributed by atoms with van der Waals surface area (Å²) >= 11 is 4.29. The van der Waals surface area contributed by atoms with Crippen LogP contribution < -0.4 is 10.9 Å². The zero-order valence-corrected chi connectivity index (χ0v) is 21.6. The lowest BCUT2D eigenvalue weighted by Gasteiger charge is -2.12. The fourth-order valence-corrected chi connectivity index (χ4v) is 7.20. The summed E-state index contributed by atoms with van der Waals surface area (Å²) in [5.74, 6) is 0.601. The van der Waals surface area contributed by atoms with Crippen molar-refractivity contribution in [2.75, 3.05) is 11.1 Å². The van der Waals surface area contributed by atoms with E-state index in [1.165, 1.54) is 33.7 Å². The molecule has 6 rings (SSSR count). The van der Waals surface area contributed by atoms with Crippen molar-refractivity contribution in [1.29, 1.82) is 0 Å². The molecule has 0 radical (unpaired) electrons. The average molecular weight is 532 g/mol. The van der Waals surface area contributed by atoms with E-state index in [2.05, 4.69) is 14.7 Å². The van der Waals surface area contributed by atoms with Crippen LogP contribution in [0.3, 0.4) is 0 Å². The molecule has 10 heteroatoms. The Morgan fingerprint density at radius 2 is 1.81 bits per heavy atom. The third kappa shape index (κ3) is 4.47. The molecule has 0 aliphatic heterocycles. The van der Waals surface area contributed by atoms with Crippen LogP contribution in [0, 0.1) is 0 Å². The number of amides is 1. The minimum absolute atomic E-state index is 0.0299. The maximum absolute atomic E-state index is 13.6. The minimum Gasteiger partial charge on any atom is -0.294 e. The Balaban J connectivity index is 1.20. The van der Waals surface area contributed by atoms with Crippen molar-refractivity contribution in [2.24, 2.45) is 0 Å². The van der Waals surface area contributed by atoms with Gasteiger partial charge in [-0.25, -0.2) is 4.98 Å². The maximum Gasteiger partial charge on any atom is 0.267 e. The summed E-state index contributed by atoms with van der Waals surface area (Å²) in [6, 6.07) is 19.3. The standard InChI is InChI=1S/C26H21N5O2S3/c32-20(27-25-28-22(36-30-25)16-8-3-1-4-9-16)14-15-34-26-29-23-21(18-12-7-13-19(18)35-23)24(33)31(26)17-10-5-2-6-11-17/h1-6,8-11H,7,12-15H2,(H,27,30,32). The van der Waals surface area contributed by atoms with Crippen LogP contribution in [0.2, 0.25) is 0 Å². The third-order valence-electron chi connectivity index (χ3n) is 5.98. The van der Waals surface area contributed by atoms with Crippen LogP contribution in [0.15, 0.2) is 70.6 Å². The van der Waals surface area contributed by atoms with Crippen LogP contribution >= 0.6 is 34.6 Å². The Morgan fingerprint density at radius 1 is 1.03 bits per heavy atom. The van der Waals surface area contributed by atoms with E-state index in [-0.39, 0.29) is 17.9 Å². The number of benzene rings is 2. The van der Waals surface area contributed by atoms with E-state index < -0.39 is 0 Å². The zero-order valence-electron chi connectivity index (χ0n) is 19.1. The Morgan fingerprint density at radius 3 is 2.61 bits per heavy atom. The molecule has 180 valence electrons. The number of para-hydroxylation sites is 1. The van der Waals surface area contributed by atoms with Crippen LogP contribution in [0.5, 0.6) is 0 Å². The first kappa shape index (κ1) is 23.1. The average Bonchev–Trinajstić information content (AvgIpc) is 3.62. The van der Waals surface area contributed by atoms with Gasteiger partial charge < -0.3 is 0 Å². The second-order valence-corrected chi connectivity index (χ2v) is 11.2. The first-order valence-electron chi connectivity index (χ1n) is 11.6. The van der Waals surface area contributed by atoms with E-state index in [4.69, 9.17) is 4.98 Å². The van der Waals surface area contributed by atoms with Crippen LogP contribution in [-0.2, 0) is 17.6 Å². The normalized spacial score (nSPS) is 12.7. The van der Waals surface area contributed by atoms with Gasteiger partial charge in [-0.3, -0.25) is 19.5 Å². The molecule has 7 nitrogen and oxygen atoms in total. The molecule has 0 bridgehead atoms. The Hall–Kier alpha value is -3.34. The van der Waals surface area contributed by atoms with Crippen molar-refractivity contribution in [3.05, 3.63) is 81.5 Å². The van der Waals surface area contributed by atoms with E-state index in [1.807, 2.05) is 60.7 Å². The summed E-state index contributed by atoms with van der Waals surface area (Å²) in [6.07, 6.45) is 3.28. The summed E-state index contributed by atoms with van der Waals surface area (Å²) in [4.78, 5) is 37.6. The second kappa shape index (κ2) is 9.96. The van der Waals surface area contributed by atoms with E-state index in [0.717, 1.165) is 45.7 Å². The number of nitrogens with one attached hydrogen (secondary N) is 1. The Kier molecular flexibility index (Phi) is 6.39. The highest BCUT2D eigenvalue weighted by Crippen LogP contribution is 2.36. The van der Waals surface area contributed by atoms with Crippen LogP contribution in [0.1, 0.15) is 23.3 Å². The first-order valence-corrected chi connectivity index (χ1v) is 14.2. The number of anilines is 1. The van der Waals surface area contributed by atoms with Crippen LogP contribution in [-0.4, -0.2) is 30.6 Å². The number of nitrogens with zero attached hydrogens (tertiary/aromatic N) is 4. The number of fused-ring (bicyclic) bond motifs is 3. The molecule has 1 amide bonds. The van der Waals surface area contributed by atoms with Crippen molar-refractivity contribution < 1.29 is 4.79 Å². The largest absolute Gasteiger partial charge is 0.294 e. The minimum atomic E-state index is -0.176. The van der Waals surface area contributed by atoms with Gasteiger partial charge in [0.05, 0.1) is 11.1 Å². The number of carbonyl (C=O) groups excluding carboxylic acids is 1. The number of carbonyl (C=O) groups is 1. The molecule has 0 saturated heterocycles. The van der Waals surface area contributed by atoms with Gasteiger partial charge in [0, 0.05) is 22.6 Å². The molecule has 0 spiro atoms. The van der Waals surface area contributed by atoms with Gasteiger partial charge in [0.25, 0.3) is 5.56 Å². The van der Waals surface area contributed by atoms with Crippen LogP contribution in [0.25, 0.3) is 26.5 Å². The van der Waals surface area contributed by atoms with Crippen LogP contribution in [0.4, 0.5) is 5.95 Å². The topological polar surface area (TPSA) is 89.8 Å². The van der Waals surface area contributed by atoms with Crippen molar-refractivity contribution in [2.45, 2.75) is 30.8 Å².